The molecule has 2 aromatic carbocycles. The fraction of sp³-hybridized carbons (Fsp3) is 0.409. The molecule has 1 atom stereocenters. The lowest BCUT2D eigenvalue weighted by atomic mass is 9.98. The van der Waals surface area contributed by atoms with Gasteiger partial charge >= 0.3 is 0 Å². The number of nitrogens with one attached hydrogen (secondary N) is 1. The normalized spacial score (nSPS) is 17.5. The second kappa shape index (κ2) is 9.49. The first-order valence-corrected chi connectivity index (χ1v) is 11.5. The first kappa shape index (κ1) is 22.1. The lowest BCUT2D eigenvalue weighted by molar-refractivity contribution is -0.120. The molecule has 0 spiro atoms. The maximum absolute atomic E-state index is 13.0. The third-order valence-corrected chi connectivity index (χ3v) is 6.80. The van der Waals surface area contributed by atoms with E-state index in [1.54, 1.807) is 24.3 Å². The molecule has 1 N–H and O–H groups in total. The van der Waals surface area contributed by atoms with Gasteiger partial charge in [-0.15, -0.1) is 0 Å². The highest BCUT2D eigenvalue weighted by molar-refractivity contribution is 7.89. The predicted molar refractivity (Wildman–Crippen MR) is 115 cm³/mol. The van der Waals surface area contributed by atoms with Crippen molar-refractivity contribution in [2.24, 2.45) is 5.92 Å². The summed E-state index contributed by atoms with van der Waals surface area (Å²) in [5.74, 6) is 0.663. The van der Waals surface area contributed by atoms with Crippen molar-refractivity contribution in [2.45, 2.75) is 37.7 Å². The molecule has 1 aliphatic rings. The third-order valence-electron chi connectivity index (χ3n) is 4.93. The van der Waals surface area contributed by atoms with E-state index in [0.29, 0.717) is 36.6 Å². The molecule has 1 fully saturated rings. The Bertz CT molecular complexity index is 973. The minimum absolute atomic E-state index is 0.0333. The molecule has 1 aliphatic heterocycles. The number of methoxy groups -OCH3 is 1. The highest BCUT2D eigenvalue weighted by Gasteiger charge is 2.33. The number of benzene rings is 2. The van der Waals surface area contributed by atoms with E-state index in [1.807, 2.05) is 26.0 Å². The Hall–Kier alpha value is -2.58. The van der Waals surface area contributed by atoms with E-state index in [0.717, 1.165) is 0 Å². The number of hydrogen-bond acceptors (Lipinski definition) is 5. The average Bonchev–Trinajstić information content (AvgIpc) is 2.73. The van der Waals surface area contributed by atoms with E-state index < -0.39 is 15.9 Å². The third kappa shape index (κ3) is 5.31. The second-order valence-electron chi connectivity index (χ2n) is 7.56. The lowest BCUT2D eigenvalue weighted by Gasteiger charge is -2.31. The summed E-state index contributed by atoms with van der Waals surface area (Å²) in [6.45, 7) is 4.43. The molecule has 1 heterocycles. The van der Waals surface area contributed by atoms with Gasteiger partial charge < -0.3 is 14.8 Å². The summed E-state index contributed by atoms with van der Waals surface area (Å²) in [7, 11) is -2.14. The van der Waals surface area contributed by atoms with E-state index in [9.17, 15) is 13.2 Å². The minimum Gasteiger partial charge on any atom is -0.497 e. The van der Waals surface area contributed by atoms with Crippen LogP contribution in [0.1, 0.15) is 26.7 Å². The van der Waals surface area contributed by atoms with Crippen LogP contribution in [-0.2, 0) is 14.8 Å². The summed E-state index contributed by atoms with van der Waals surface area (Å²) < 4.78 is 38.1. The molecule has 0 unspecified atom stereocenters. The highest BCUT2D eigenvalue weighted by Crippen LogP contribution is 2.26. The molecule has 30 heavy (non-hydrogen) atoms. The van der Waals surface area contributed by atoms with Crippen LogP contribution < -0.4 is 14.8 Å². The van der Waals surface area contributed by atoms with Crippen LogP contribution in [-0.4, -0.2) is 44.9 Å². The van der Waals surface area contributed by atoms with Gasteiger partial charge in [0.2, 0.25) is 15.9 Å². The van der Waals surface area contributed by atoms with Crippen molar-refractivity contribution in [1.82, 2.24) is 4.31 Å². The largest absolute Gasteiger partial charge is 0.497 e. The van der Waals surface area contributed by atoms with Crippen molar-refractivity contribution in [3.63, 3.8) is 0 Å². The molecular formula is C22H28N2O5S. The van der Waals surface area contributed by atoms with Crippen molar-refractivity contribution < 1.29 is 22.7 Å². The lowest BCUT2D eigenvalue weighted by Crippen LogP contribution is -2.43. The Morgan fingerprint density at radius 3 is 2.53 bits per heavy atom. The Kier molecular flexibility index (Phi) is 6.99. The van der Waals surface area contributed by atoms with Crippen molar-refractivity contribution in [2.75, 3.05) is 25.5 Å². The number of nitrogens with zero attached hydrogens (tertiary/aromatic N) is 1. The molecular weight excluding hydrogens is 404 g/mol. The van der Waals surface area contributed by atoms with E-state index in [1.165, 1.54) is 23.5 Å². The first-order chi connectivity index (χ1) is 14.3. The summed E-state index contributed by atoms with van der Waals surface area (Å²) in [6, 6.07) is 13.5. The van der Waals surface area contributed by atoms with Gasteiger partial charge in [0.15, 0.2) is 0 Å². The van der Waals surface area contributed by atoms with Gasteiger partial charge in [-0.3, -0.25) is 4.79 Å². The monoisotopic (exact) mass is 432 g/mol. The Labute approximate surface area is 178 Å². The maximum atomic E-state index is 13.0. The van der Waals surface area contributed by atoms with Gasteiger partial charge in [0.05, 0.1) is 24.0 Å². The second-order valence-corrected chi connectivity index (χ2v) is 9.50. The summed E-state index contributed by atoms with van der Waals surface area (Å²) >= 11 is 0. The van der Waals surface area contributed by atoms with Gasteiger partial charge in [-0.05, 0) is 63.1 Å². The molecule has 0 bridgehead atoms. The average molecular weight is 433 g/mol. The van der Waals surface area contributed by atoms with Crippen LogP contribution in [0.2, 0.25) is 0 Å². The molecule has 0 aliphatic carbocycles. The molecule has 8 heteroatoms. The van der Waals surface area contributed by atoms with Gasteiger partial charge in [0.1, 0.15) is 11.5 Å². The zero-order valence-corrected chi connectivity index (χ0v) is 18.3. The number of anilines is 1. The van der Waals surface area contributed by atoms with Crippen molar-refractivity contribution in [3.05, 3.63) is 48.5 Å². The standard InChI is InChI=1S/C22H28N2O5S/c1-16(2)29-20-8-4-7-18(14-20)23-22(25)17-6-5-13-24(15-17)30(26,27)21-11-9-19(28-3)10-12-21/h4,7-12,14,16-17H,5-6,13,15H2,1-3H3,(H,23,25)/t17-/m0/s1. The summed E-state index contributed by atoms with van der Waals surface area (Å²) in [4.78, 5) is 13.0. The number of carbonyl (C=O) groups excluding carboxylic acids is 1. The van der Waals surface area contributed by atoms with Gasteiger partial charge in [0.25, 0.3) is 0 Å². The van der Waals surface area contributed by atoms with Crippen LogP contribution in [0.4, 0.5) is 5.69 Å². The number of carbonyl (C=O) groups is 1. The highest BCUT2D eigenvalue weighted by atomic mass is 32.2. The Balaban J connectivity index is 1.68. The smallest absolute Gasteiger partial charge is 0.243 e. The van der Waals surface area contributed by atoms with Crippen LogP contribution in [0.3, 0.4) is 0 Å². The fourth-order valence-electron chi connectivity index (χ4n) is 3.44. The van der Waals surface area contributed by atoms with E-state index in [-0.39, 0.29) is 23.5 Å². The summed E-state index contributed by atoms with van der Waals surface area (Å²) in [6.07, 6.45) is 1.30. The number of rotatable bonds is 7. The quantitative estimate of drug-likeness (QED) is 0.724. The van der Waals surface area contributed by atoms with Gasteiger partial charge in [-0.2, -0.15) is 4.31 Å². The first-order valence-electron chi connectivity index (χ1n) is 10.0. The molecule has 1 saturated heterocycles. The van der Waals surface area contributed by atoms with Crippen LogP contribution in [0, 0.1) is 5.92 Å². The SMILES string of the molecule is COc1ccc(S(=O)(=O)N2CCC[C@H](C(=O)Nc3cccc(OC(C)C)c3)C2)cc1. The number of amides is 1. The number of hydrogen-bond donors (Lipinski definition) is 1. The molecule has 1 amide bonds. The summed E-state index contributed by atoms with van der Waals surface area (Å²) in [5.41, 5.74) is 0.633. The Morgan fingerprint density at radius 2 is 1.87 bits per heavy atom. The minimum atomic E-state index is -3.67. The Morgan fingerprint density at radius 1 is 1.13 bits per heavy atom. The molecule has 7 nitrogen and oxygen atoms in total. The van der Waals surface area contributed by atoms with Gasteiger partial charge in [0, 0.05) is 24.8 Å². The number of sulfonamides is 1. The maximum Gasteiger partial charge on any atom is 0.243 e. The number of ether oxygens (including phenoxy) is 2. The van der Waals surface area contributed by atoms with Crippen LogP contribution in [0.25, 0.3) is 0 Å². The molecule has 0 radical (unpaired) electrons. The zero-order chi connectivity index (χ0) is 21.7. The topological polar surface area (TPSA) is 84.9 Å². The van der Waals surface area contributed by atoms with Crippen LogP contribution in [0.15, 0.2) is 53.4 Å². The molecule has 0 saturated carbocycles. The van der Waals surface area contributed by atoms with E-state index in [2.05, 4.69) is 5.32 Å². The van der Waals surface area contributed by atoms with Crippen molar-refractivity contribution >= 4 is 21.6 Å². The molecule has 162 valence electrons. The zero-order valence-electron chi connectivity index (χ0n) is 17.5. The predicted octanol–water partition coefficient (Wildman–Crippen LogP) is 3.52. The van der Waals surface area contributed by atoms with Crippen LogP contribution >= 0.6 is 0 Å². The molecule has 3 rings (SSSR count). The van der Waals surface area contributed by atoms with Crippen molar-refractivity contribution in [3.8, 4) is 11.5 Å². The molecule has 0 aromatic heterocycles. The summed E-state index contributed by atoms with van der Waals surface area (Å²) in [5, 5.41) is 2.90. The number of piperidine rings is 1. The van der Waals surface area contributed by atoms with Gasteiger partial charge in [-0.1, -0.05) is 6.07 Å². The van der Waals surface area contributed by atoms with Gasteiger partial charge in [-0.25, -0.2) is 8.42 Å². The van der Waals surface area contributed by atoms with Crippen LogP contribution in [0.5, 0.6) is 11.5 Å². The fourth-order valence-corrected chi connectivity index (χ4v) is 4.96. The van der Waals surface area contributed by atoms with Crippen molar-refractivity contribution in [1.29, 1.82) is 0 Å². The molecule has 2 aromatic rings. The van der Waals surface area contributed by atoms with E-state index in [4.69, 9.17) is 9.47 Å². The van der Waals surface area contributed by atoms with E-state index >= 15 is 0 Å².